The van der Waals surface area contributed by atoms with E-state index in [9.17, 15) is 0 Å². The molecule has 6 nitrogen and oxygen atoms in total. The molecular weight excluding hydrogens is 302 g/mol. The van der Waals surface area contributed by atoms with Gasteiger partial charge in [0, 0.05) is 38.3 Å². The van der Waals surface area contributed by atoms with Crippen molar-refractivity contribution in [3.8, 4) is 5.69 Å². The van der Waals surface area contributed by atoms with Crippen LogP contribution in [0.5, 0.6) is 0 Å². The lowest BCUT2D eigenvalue weighted by molar-refractivity contribution is 0.507. The van der Waals surface area contributed by atoms with Crippen molar-refractivity contribution in [3.63, 3.8) is 0 Å². The van der Waals surface area contributed by atoms with E-state index in [2.05, 4.69) is 20.7 Å². The molecule has 3 aromatic rings. The lowest BCUT2D eigenvalue weighted by atomic mass is 10.3. The standard InChI is InChI=1S/C18H21N5O/c1-19-18(20-10-9-17-8-5-11-24-17)21-12-15-13-22-23(14-15)16-6-3-2-4-7-16/h2-8,11,13-14H,9-10,12H2,1H3,(H2,19,20,21). The molecule has 2 N–H and O–H groups in total. The zero-order valence-electron chi connectivity index (χ0n) is 13.6. The quantitative estimate of drug-likeness (QED) is 0.540. The fraction of sp³-hybridized carbons (Fsp3) is 0.222. The summed E-state index contributed by atoms with van der Waals surface area (Å²) in [6.45, 7) is 1.42. The number of hydrogen-bond acceptors (Lipinski definition) is 3. The van der Waals surface area contributed by atoms with E-state index in [1.165, 1.54) is 0 Å². The molecule has 1 aromatic carbocycles. The molecule has 0 radical (unpaired) electrons. The van der Waals surface area contributed by atoms with Gasteiger partial charge in [-0.25, -0.2) is 4.68 Å². The van der Waals surface area contributed by atoms with E-state index < -0.39 is 0 Å². The molecule has 2 heterocycles. The Morgan fingerprint density at radius 2 is 2.04 bits per heavy atom. The molecule has 0 atom stereocenters. The third-order valence-corrected chi connectivity index (χ3v) is 3.58. The average Bonchev–Trinajstić information content (AvgIpc) is 3.30. The summed E-state index contributed by atoms with van der Waals surface area (Å²) in [5, 5.41) is 10.9. The van der Waals surface area contributed by atoms with Gasteiger partial charge in [-0.15, -0.1) is 0 Å². The van der Waals surface area contributed by atoms with Gasteiger partial charge in [0.25, 0.3) is 0 Å². The molecular formula is C18H21N5O. The third kappa shape index (κ3) is 4.25. The van der Waals surface area contributed by atoms with E-state index in [4.69, 9.17) is 4.42 Å². The Kier molecular flexibility index (Phi) is 5.29. The Bertz CT molecular complexity index is 762. The molecule has 0 unspecified atom stereocenters. The van der Waals surface area contributed by atoms with Crippen LogP contribution in [0.1, 0.15) is 11.3 Å². The molecule has 6 heteroatoms. The number of benzene rings is 1. The maximum atomic E-state index is 5.31. The number of aromatic nitrogens is 2. The van der Waals surface area contributed by atoms with Gasteiger partial charge in [-0.05, 0) is 24.3 Å². The minimum atomic E-state index is 0.660. The highest BCUT2D eigenvalue weighted by atomic mass is 16.3. The summed E-state index contributed by atoms with van der Waals surface area (Å²) in [6, 6.07) is 13.9. The fourth-order valence-electron chi connectivity index (χ4n) is 2.34. The zero-order valence-corrected chi connectivity index (χ0v) is 13.6. The highest BCUT2D eigenvalue weighted by Gasteiger charge is 2.03. The first kappa shape index (κ1) is 15.9. The van der Waals surface area contributed by atoms with Crippen LogP contribution >= 0.6 is 0 Å². The topological polar surface area (TPSA) is 67.4 Å². The predicted molar refractivity (Wildman–Crippen MR) is 94.2 cm³/mol. The van der Waals surface area contributed by atoms with Crippen molar-refractivity contribution in [1.82, 2.24) is 20.4 Å². The molecule has 3 rings (SSSR count). The lowest BCUT2D eigenvalue weighted by Gasteiger charge is -2.10. The molecule has 0 amide bonds. The molecule has 0 aliphatic carbocycles. The second-order valence-corrected chi connectivity index (χ2v) is 5.31. The Morgan fingerprint density at radius 1 is 1.17 bits per heavy atom. The van der Waals surface area contributed by atoms with E-state index >= 15 is 0 Å². The predicted octanol–water partition coefficient (Wildman–Crippen LogP) is 2.37. The summed E-state index contributed by atoms with van der Waals surface area (Å²) in [5.41, 5.74) is 2.14. The number of furan rings is 1. The third-order valence-electron chi connectivity index (χ3n) is 3.58. The zero-order chi connectivity index (χ0) is 16.6. The molecule has 2 aromatic heterocycles. The molecule has 0 saturated heterocycles. The first-order valence-corrected chi connectivity index (χ1v) is 7.91. The van der Waals surface area contributed by atoms with Crippen LogP contribution in [0.25, 0.3) is 5.69 Å². The van der Waals surface area contributed by atoms with Gasteiger partial charge in [-0.2, -0.15) is 5.10 Å². The Hall–Kier alpha value is -3.02. The number of para-hydroxylation sites is 1. The van der Waals surface area contributed by atoms with Crippen LogP contribution in [0.3, 0.4) is 0 Å². The fourth-order valence-corrected chi connectivity index (χ4v) is 2.34. The number of hydrogen-bond donors (Lipinski definition) is 2. The van der Waals surface area contributed by atoms with Gasteiger partial charge in [0.15, 0.2) is 5.96 Å². The molecule has 124 valence electrons. The normalized spacial score (nSPS) is 11.5. The number of nitrogens with zero attached hydrogens (tertiary/aromatic N) is 3. The van der Waals surface area contributed by atoms with E-state index in [0.717, 1.165) is 35.9 Å². The van der Waals surface area contributed by atoms with Gasteiger partial charge in [-0.1, -0.05) is 18.2 Å². The second kappa shape index (κ2) is 8.01. The summed E-state index contributed by atoms with van der Waals surface area (Å²) >= 11 is 0. The monoisotopic (exact) mass is 323 g/mol. The van der Waals surface area contributed by atoms with Crippen molar-refractivity contribution in [2.24, 2.45) is 4.99 Å². The van der Waals surface area contributed by atoms with Gasteiger partial charge in [0.1, 0.15) is 5.76 Å². The Labute approximate surface area is 141 Å². The van der Waals surface area contributed by atoms with Crippen molar-refractivity contribution >= 4 is 5.96 Å². The van der Waals surface area contributed by atoms with Crippen molar-refractivity contribution in [3.05, 3.63) is 72.4 Å². The number of rotatable bonds is 6. The number of aliphatic imine (C=N–C) groups is 1. The Balaban J connectivity index is 1.48. The maximum Gasteiger partial charge on any atom is 0.191 e. The minimum Gasteiger partial charge on any atom is -0.469 e. The van der Waals surface area contributed by atoms with Crippen LogP contribution in [-0.2, 0) is 13.0 Å². The average molecular weight is 323 g/mol. The van der Waals surface area contributed by atoms with E-state index in [1.807, 2.05) is 59.5 Å². The summed E-state index contributed by atoms with van der Waals surface area (Å²) in [6.07, 6.45) is 6.38. The summed E-state index contributed by atoms with van der Waals surface area (Å²) < 4.78 is 7.18. The van der Waals surface area contributed by atoms with E-state index in [0.29, 0.717) is 6.54 Å². The van der Waals surface area contributed by atoms with Crippen molar-refractivity contribution < 1.29 is 4.42 Å². The first-order chi connectivity index (χ1) is 11.8. The molecule has 0 spiro atoms. The van der Waals surface area contributed by atoms with Gasteiger partial charge in [-0.3, -0.25) is 4.99 Å². The summed E-state index contributed by atoms with van der Waals surface area (Å²) in [4.78, 5) is 4.22. The molecule has 0 saturated carbocycles. The first-order valence-electron chi connectivity index (χ1n) is 7.91. The second-order valence-electron chi connectivity index (χ2n) is 5.31. The Morgan fingerprint density at radius 3 is 2.79 bits per heavy atom. The highest BCUT2D eigenvalue weighted by Crippen LogP contribution is 2.07. The summed E-state index contributed by atoms with van der Waals surface area (Å²) in [5.74, 6) is 1.72. The van der Waals surface area contributed by atoms with E-state index in [-0.39, 0.29) is 0 Å². The molecule has 24 heavy (non-hydrogen) atoms. The maximum absolute atomic E-state index is 5.31. The van der Waals surface area contributed by atoms with Crippen LogP contribution in [0, 0.1) is 0 Å². The SMILES string of the molecule is CN=C(NCCc1ccco1)NCc1cnn(-c2ccccc2)c1. The molecule has 0 fully saturated rings. The van der Waals surface area contributed by atoms with E-state index in [1.54, 1.807) is 13.3 Å². The smallest absolute Gasteiger partial charge is 0.191 e. The van der Waals surface area contributed by atoms with Gasteiger partial charge < -0.3 is 15.1 Å². The van der Waals surface area contributed by atoms with Crippen LogP contribution < -0.4 is 10.6 Å². The summed E-state index contributed by atoms with van der Waals surface area (Å²) in [7, 11) is 1.76. The van der Waals surface area contributed by atoms with Gasteiger partial charge >= 0.3 is 0 Å². The number of nitrogens with one attached hydrogen (secondary N) is 2. The van der Waals surface area contributed by atoms with Crippen molar-refractivity contribution in [1.29, 1.82) is 0 Å². The molecule has 0 bridgehead atoms. The van der Waals surface area contributed by atoms with Gasteiger partial charge in [0.05, 0.1) is 18.1 Å². The molecule has 0 aliphatic heterocycles. The molecule has 0 aliphatic rings. The lowest BCUT2D eigenvalue weighted by Crippen LogP contribution is -2.37. The van der Waals surface area contributed by atoms with Crippen LogP contribution in [-0.4, -0.2) is 29.3 Å². The van der Waals surface area contributed by atoms with Gasteiger partial charge in [0.2, 0.25) is 0 Å². The minimum absolute atomic E-state index is 0.660. The van der Waals surface area contributed by atoms with Crippen molar-refractivity contribution in [2.75, 3.05) is 13.6 Å². The number of guanidine groups is 1. The van der Waals surface area contributed by atoms with Crippen LogP contribution in [0.15, 0.2) is 70.5 Å². The largest absolute Gasteiger partial charge is 0.469 e. The highest BCUT2D eigenvalue weighted by molar-refractivity contribution is 5.79. The van der Waals surface area contributed by atoms with Crippen LogP contribution in [0.2, 0.25) is 0 Å². The van der Waals surface area contributed by atoms with Crippen molar-refractivity contribution in [2.45, 2.75) is 13.0 Å². The van der Waals surface area contributed by atoms with Crippen LogP contribution in [0.4, 0.5) is 0 Å².